The normalized spacial score (nSPS) is 17.4. The van der Waals surface area contributed by atoms with Gasteiger partial charge in [-0.25, -0.2) is 0 Å². The summed E-state index contributed by atoms with van der Waals surface area (Å²) in [6.07, 6.45) is 7.78. The van der Waals surface area contributed by atoms with Gasteiger partial charge in [-0.15, -0.1) is 0 Å². The Morgan fingerprint density at radius 3 is 2.56 bits per heavy atom. The zero-order valence-electron chi connectivity index (χ0n) is 10.6. The molecular formula is C12H25N3S. The first-order chi connectivity index (χ1) is 7.68. The Labute approximate surface area is 105 Å². The summed E-state index contributed by atoms with van der Waals surface area (Å²) in [7, 11) is 4.19. The molecule has 0 saturated heterocycles. The van der Waals surface area contributed by atoms with E-state index in [0.717, 1.165) is 24.6 Å². The number of nitrogens with one attached hydrogen (secondary N) is 2. The molecule has 0 aromatic carbocycles. The summed E-state index contributed by atoms with van der Waals surface area (Å²) < 4.78 is 0. The Balaban J connectivity index is 2.01. The van der Waals surface area contributed by atoms with Gasteiger partial charge < -0.3 is 15.5 Å². The summed E-state index contributed by atoms with van der Waals surface area (Å²) in [4.78, 5) is 2.19. The maximum Gasteiger partial charge on any atom is 0.166 e. The molecule has 0 heterocycles. The Morgan fingerprint density at radius 2 is 1.94 bits per heavy atom. The van der Waals surface area contributed by atoms with E-state index >= 15 is 0 Å². The molecule has 0 aromatic heterocycles. The van der Waals surface area contributed by atoms with Gasteiger partial charge in [0.25, 0.3) is 0 Å². The Hall–Kier alpha value is -0.350. The molecule has 0 radical (unpaired) electrons. The van der Waals surface area contributed by atoms with Crippen LogP contribution in [0.3, 0.4) is 0 Å². The van der Waals surface area contributed by atoms with Crippen molar-refractivity contribution in [3.8, 4) is 0 Å². The van der Waals surface area contributed by atoms with E-state index in [2.05, 4.69) is 29.6 Å². The SMILES string of the molecule is CN(C)CCCNC(=S)NC1CCCCC1. The highest BCUT2D eigenvalue weighted by Crippen LogP contribution is 2.17. The minimum Gasteiger partial charge on any atom is -0.363 e. The minimum atomic E-state index is 0.614. The van der Waals surface area contributed by atoms with Crippen molar-refractivity contribution in [2.24, 2.45) is 0 Å². The topological polar surface area (TPSA) is 27.3 Å². The molecule has 1 aliphatic carbocycles. The van der Waals surface area contributed by atoms with E-state index in [-0.39, 0.29) is 0 Å². The number of nitrogens with zero attached hydrogens (tertiary/aromatic N) is 1. The standard InChI is InChI=1S/C12H25N3S/c1-15(2)10-6-9-13-12(16)14-11-7-4-3-5-8-11/h11H,3-10H2,1-2H3,(H2,13,14,16). The number of hydrogen-bond acceptors (Lipinski definition) is 2. The van der Waals surface area contributed by atoms with Crippen LogP contribution in [0.2, 0.25) is 0 Å². The first-order valence-corrected chi connectivity index (χ1v) is 6.78. The molecule has 0 spiro atoms. The fraction of sp³-hybridized carbons (Fsp3) is 0.917. The lowest BCUT2D eigenvalue weighted by molar-refractivity contribution is 0.396. The molecule has 0 aliphatic heterocycles. The van der Waals surface area contributed by atoms with Crippen molar-refractivity contribution in [1.82, 2.24) is 15.5 Å². The number of hydrogen-bond donors (Lipinski definition) is 2. The van der Waals surface area contributed by atoms with Crippen LogP contribution in [0.1, 0.15) is 38.5 Å². The third kappa shape index (κ3) is 6.28. The molecule has 1 rings (SSSR count). The molecule has 1 aliphatic rings. The van der Waals surface area contributed by atoms with Gasteiger partial charge in [-0.2, -0.15) is 0 Å². The molecule has 1 fully saturated rings. The van der Waals surface area contributed by atoms with Gasteiger partial charge in [0.05, 0.1) is 0 Å². The number of thiocarbonyl (C=S) groups is 1. The molecular weight excluding hydrogens is 218 g/mol. The molecule has 0 amide bonds. The highest BCUT2D eigenvalue weighted by atomic mass is 32.1. The van der Waals surface area contributed by atoms with Crippen LogP contribution < -0.4 is 10.6 Å². The van der Waals surface area contributed by atoms with Crippen LogP contribution in [0.5, 0.6) is 0 Å². The van der Waals surface area contributed by atoms with Crippen LogP contribution >= 0.6 is 12.2 Å². The second kappa shape index (κ2) is 7.85. The van der Waals surface area contributed by atoms with Gasteiger partial charge in [0.2, 0.25) is 0 Å². The lowest BCUT2D eigenvalue weighted by atomic mass is 9.96. The Morgan fingerprint density at radius 1 is 1.25 bits per heavy atom. The second-order valence-electron chi connectivity index (χ2n) is 4.89. The predicted octanol–water partition coefficient (Wildman–Crippen LogP) is 1.73. The zero-order valence-corrected chi connectivity index (χ0v) is 11.4. The van der Waals surface area contributed by atoms with Gasteiger partial charge in [0.1, 0.15) is 0 Å². The third-order valence-electron chi connectivity index (χ3n) is 3.01. The van der Waals surface area contributed by atoms with Crippen molar-refractivity contribution >= 4 is 17.3 Å². The van der Waals surface area contributed by atoms with Gasteiger partial charge in [-0.05, 0) is 52.1 Å². The third-order valence-corrected chi connectivity index (χ3v) is 3.27. The summed E-state index contributed by atoms with van der Waals surface area (Å²) >= 11 is 5.28. The quantitative estimate of drug-likeness (QED) is 0.568. The van der Waals surface area contributed by atoms with Crippen LogP contribution in [0.4, 0.5) is 0 Å². The molecule has 1 saturated carbocycles. The van der Waals surface area contributed by atoms with Crippen molar-refractivity contribution in [3.63, 3.8) is 0 Å². The molecule has 16 heavy (non-hydrogen) atoms. The van der Waals surface area contributed by atoms with Crippen LogP contribution in [0.25, 0.3) is 0 Å². The molecule has 0 unspecified atom stereocenters. The van der Waals surface area contributed by atoms with Crippen LogP contribution in [0.15, 0.2) is 0 Å². The van der Waals surface area contributed by atoms with E-state index < -0.39 is 0 Å². The van der Waals surface area contributed by atoms with Crippen LogP contribution in [0, 0.1) is 0 Å². The van der Waals surface area contributed by atoms with E-state index in [1.54, 1.807) is 0 Å². The average molecular weight is 243 g/mol. The summed E-state index contributed by atoms with van der Waals surface area (Å²) in [6, 6.07) is 0.614. The van der Waals surface area contributed by atoms with Gasteiger partial charge in [-0.3, -0.25) is 0 Å². The van der Waals surface area contributed by atoms with Gasteiger partial charge in [-0.1, -0.05) is 19.3 Å². The van der Waals surface area contributed by atoms with Crippen molar-refractivity contribution in [2.75, 3.05) is 27.2 Å². The van der Waals surface area contributed by atoms with Crippen molar-refractivity contribution in [2.45, 2.75) is 44.6 Å². The highest BCUT2D eigenvalue weighted by Gasteiger charge is 2.13. The first kappa shape index (κ1) is 13.7. The van der Waals surface area contributed by atoms with Crippen molar-refractivity contribution < 1.29 is 0 Å². The van der Waals surface area contributed by atoms with Gasteiger partial charge >= 0.3 is 0 Å². The molecule has 94 valence electrons. The van der Waals surface area contributed by atoms with Gasteiger partial charge in [0, 0.05) is 12.6 Å². The average Bonchev–Trinajstić information content (AvgIpc) is 2.25. The lowest BCUT2D eigenvalue weighted by Crippen LogP contribution is -2.43. The Bertz CT molecular complexity index is 200. The summed E-state index contributed by atoms with van der Waals surface area (Å²) in [5, 5.41) is 7.53. The fourth-order valence-electron chi connectivity index (χ4n) is 2.08. The summed E-state index contributed by atoms with van der Waals surface area (Å²) in [5.74, 6) is 0. The van der Waals surface area contributed by atoms with E-state index in [0.29, 0.717) is 6.04 Å². The monoisotopic (exact) mass is 243 g/mol. The van der Waals surface area contributed by atoms with E-state index in [1.807, 2.05) is 0 Å². The van der Waals surface area contributed by atoms with Crippen LogP contribution in [-0.2, 0) is 0 Å². The maximum absolute atomic E-state index is 5.28. The Kier molecular flexibility index (Phi) is 6.73. The first-order valence-electron chi connectivity index (χ1n) is 6.37. The maximum atomic E-state index is 5.28. The van der Waals surface area contributed by atoms with Gasteiger partial charge in [0.15, 0.2) is 5.11 Å². The van der Waals surface area contributed by atoms with E-state index in [9.17, 15) is 0 Å². The zero-order chi connectivity index (χ0) is 11.8. The second-order valence-corrected chi connectivity index (χ2v) is 5.30. The smallest absolute Gasteiger partial charge is 0.166 e. The largest absolute Gasteiger partial charge is 0.363 e. The molecule has 4 heteroatoms. The molecule has 0 bridgehead atoms. The molecule has 0 atom stereocenters. The fourth-order valence-corrected chi connectivity index (χ4v) is 2.35. The minimum absolute atomic E-state index is 0.614. The summed E-state index contributed by atoms with van der Waals surface area (Å²) in [5.41, 5.74) is 0. The highest BCUT2D eigenvalue weighted by molar-refractivity contribution is 7.80. The van der Waals surface area contributed by atoms with Crippen molar-refractivity contribution in [3.05, 3.63) is 0 Å². The van der Waals surface area contributed by atoms with E-state index in [4.69, 9.17) is 12.2 Å². The molecule has 0 aromatic rings. The summed E-state index contributed by atoms with van der Waals surface area (Å²) in [6.45, 7) is 2.08. The molecule has 3 nitrogen and oxygen atoms in total. The van der Waals surface area contributed by atoms with E-state index in [1.165, 1.54) is 32.1 Å². The molecule has 2 N–H and O–H groups in total. The number of rotatable bonds is 5. The van der Waals surface area contributed by atoms with Crippen molar-refractivity contribution in [1.29, 1.82) is 0 Å². The lowest BCUT2D eigenvalue weighted by Gasteiger charge is -2.24. The predicted molar refractivity (Wildman–Crippen MR) is 73.8 cm³/mol. The van der Waals surface area contributed by atoms with Crippen LogP contribution in [-0.4, -0.2) is 43.2 Å².